The van der Waals surface area contributed by atoms with E-state index in [0.29, 0.717) is 17.8 Å². The highest BCUT2D eigenvalue weighted by Gasteiger charge is 2.05. The van der Waals surface area contributed by atoms with Gasteiger partial charge < -0.3 is 10.6 Å². The highest BCUT2D eigenvalue weighted by Crippen LogP contribution is 2.19. The van der Waals surface area contributed by atoms with Gasteiger partial charge in [-0.05, 0) is 24.3 Å². The summed E-state index contributed by atoms with van der Waals surface area (Å²) >= 11 is 0. The zero-order valence-corrected chi connectivity index (χ0v) is 9.73. The number of rotatable bonds is 3. The van der Waals surface area contributed by atoms with Gasteiger partial charge in [-0.15, -0.1) is 0 Å². The van der Waals surface area contributed by atoms with Crippen LogP contribution in [0.25, 0.3) is 0 Å². The molecule has 3 heteroatoms. The maximum absolute atomic E-state index is 13.5. The minimum Gasteiger partial charge on any atom is -0.399 e. The van der Waals surface area contributed by atoms with Crippen LogP contribution in [0.4, 0.5) is 15.8 Å². The predicted molar refractivity (Wildman–Crippen MR) is 69.4 cm³/mol. The Morgan fingerprint density at radius 2 is 1.88 bits per heavy atom. The van der Waals surface area contributed by atoms with Gasteiger partial charge >= 0.3 is 0 Å². The summed E-state index contributed by atoms with van der Waals surface area (Å²) in [5.41, 5.74) is 8.09. The third-order valence-electron chi connectivity index (χ3n) is 2.68. The van der Waals surface area contributed by atoms with Gasteiger partial charge in [0.05, 0.1) is 0 Å². The van der Waals surface area contributed by atoms with Crippen molar-refractivity contribution in [2.75, 3.05) is 17.7 Å². The van der Waals surface area contributed by atoms with Crippen LogP contribution in [0.15, 0.2) is 48.5 Å². The monoisotopic (exact) mass is 230 g/mol. The third kappa shape index (κ3) is 2.75. The number of hydrogen-bond donors (Lipinski definition) is 1. The van der Waals surface area contributed by atoms with Crippen molar-refractivity contribution in [1.29, 1.82) is 0 Å². The summed E-state index contributed by atoms with van der Waals surface area (Å²) in [5.74, 6) is -0.178. The molecule has 0 atom stereocenters. The molecule has 2 nitrogen and oxygen atoms in total. The summed E-state index contributed by atoms with van der Waals surface area (Å²) in [7, 11) is 1.92. The Balaban J connectivity index is 2.17. The molecule has 0 heterocycles. The molecular formula is C14H15FN2. The number of nitrogen functional groups attached to an aromatic ring is 1. The Bertz CT molecular complexity index is 511. The number of nitrogens with two attached hydrogens (primary N) is 1. The number of benzene rings is 2. The molecule has 0 bridgehead atoms. The van der Waals surface area contributed by atoms with Crippen molar-refractivity contribution in [3.8, 4) is 0 Å². The van der Waals surface area contributed by atoms with Crippen molar-refractivity contribution in [3.05, 3.63) is 59.9 Å². The fourth-order valence-electron chi connectivity index (χ4n) is 1.74. The predicted octanol–water partition coefficient (Wildman–Crippen LogP) is 3.04. The van der Waals surface area contributed by atoms with E-state index in [1.165, 1.54) is 6.07 Å². The maximum atomic E-state index is 13.5. The largest absolute Gasteiger partial charge is 0.399 e. The van der Waals surface area contributed by atoms with Gasteiger partial charge in [0.25, 0.3) is 0 Å². The van der Waals surface area contributed by atoms with Gasteiger partial charge in [-0.3, -0.25) is 0 Å². The molecule has 17 heavy (non-hydrogen) atoms. The standard InChI is InChI=1S/C14H15FN2/c1-17(13-7-4-6-12(16)9-13)10-11-5-2-3-8-14(11)15/h2-9H,10,16H2,1H3. The number of nitrogens with zero attached hydrogens (tertiary/aromatic N) is 1. The second kappa shape index (κ2) is 4.87. The Morgan fingerprint density at radius 1 is 1.12 bits per heavy atom. The minimum absolute atomic E-state index is 0.178. The van der Waals surface area contributed by atoms with Crippen molar-refractivity contribution in [1.82, 2.24) is 0 Å². The van der Waals surface area contributed by atoms with E-state index >= 15 is 0 Å². The van der Waals surface area contributed by atoms with E-state index in [2.05, 4.69) is 0 Å². The van der Waals surface area contributed by atoms with Crippen LogP contribution >= 0.6 is 0 Å². The molecule has 0 saturated carbocycles. The molecule has 0 fully saturated rings. The van der Waals surface area contributed by atoms with Crippen LogP contribution in [0, 0.1) is 5.82 Å². The Labute approximate surface area is 100 Å². The first-order valence-electron chi connectivity index (χ1n) is 5.47. The van der Waals surface area contributed by atoms with Gasteiger partial charge in [0.2, 0.25) is 0 Å². The molecule has 0 aromatic heterocycles. The molecule has 0 saturated heterocycles. The molecule has 0 unspecified atom stereocenters. The van der Waals surface area contributed by atoms with Gasteiger partial charge in [0.15, 0.2) is 0 Å². The van der Waals surface area contributed by atoms with Gasteiger partial charge in [-0.25, -0.2) is 4.39 Å². The lowest BCUT2D eigenvalue weighted by molar-refractivity contribution is 0.608. The Kier molecular flexibility index (Phi) is 3.28. The Morgan fingerprint density at radius 3 is 2.59 bits per heavy atom. The van der Waals surface area contributed by atoms with Crippen LogP contribution in [-0.4, -0.2) is 7.05 Å². The lowest BCUT2D eigenvalue weighted by Crippen LogP contribution is -2.17. The Hall–Kier alpha value is -2.03. The summed E-state index contributed by atoms with van der Waals surface area (Å²) in [6, 6.07) is 14.4. The molecule has 0 spiro atoms. The van der Waals surface area contributed by atoms with Crippen molar-refractivity contribution in [2.45, 2.75) is 6.54 Å². The summed E-state index contributed by atoms with van der Waals surface area (Å²) in [4.78, 5) is 1.97. The van der Waals surface area contributed by atoms with Crippen molar-refractivity contribution < 1.29 is 4.39 Å². The van der Waals surface area contributed by atoms with E-state index in [1.807, 2.05) is 42.3 Å². The number of hydrogen-bond acceptors (Lipinski definition) is 2. The molecule has 0 amide bonds. The van der Waals surface area contributed by atoms with Gasteiger partial charge in [-0.1, -0.05) is 24.3 Å². The lowest BCUT2D eigenvalue weighted by Gasteiger charge is -2.20. The van der Waals surface area contributed by atoms with Crippen LogP contribution in [0.3, 0.4) is 0 Å². The highest BCUT2D eigenvalue weighted by atomic mass is 19.1. The smallest absolute Gasteiger partial charge is 0.128 e. The zero-order valence-electron chi connectivity index (χ0n) is 9.73. The lowest BCUT2D eigenvalue weighted by atomic mass is 10.2. The van der Waals surface area contributed by atoms with Crippen LogP contribution in [0.2, 0.25) is 0 Å². The average molecular weight is 230 g/mol. The molecule has 0 aliphatic rings. The van der Waals surface area contributed by atoms with Crippen LogP contribution in [0.5, 0.6) is 0 Å². The third-order valence-corrected chi connectivity index (χ3v) is 2.68. The SMILES string of the molecule is CN(Cc1ccccc1F)c1cccc(N)c1. The normalized spacial score (nSPS) is 10.2. The van der Waals surface area contributed by atoms with Gasteiger partial charge in [0, 0.05) is 30.5 Å². The summed E-state index contributed by atoms with van der Waals surface area (Å²) in [6.07, 6.45) is 0. The molecule has 2 aromatic rings. The highest BCUT2D eigenvalue weighted by molar-refractivity contribution is 5.55. The van der Waals surface area contributed by atoms with Gasteiger partial charge in [0.1, 0.15) is 5.82 Å². The van der Waals surface area contributed by atoms with Crippen LogP contribution < -0.4 is 10.6 Å². The van der Waals surface area contributed by atoms with E-state index in [-0.39, 0.29) is 5.82 Å². The molecule has 0 aliphatic carbocycles. The molecule has 88 valence electrons. The fourth-order valence-corrected chi connectivity index (χ4v) is 1.74. The second-order valence-corrected chi connectivity index (χ2v) is 4.04. The van der Waals surface area contributed by atoms with E-state index in [0.717, 1.165) is 5.69 Å². The van der Waals surface area contributed by atoms with Crippen molar-refractivity contribution in [3.63, 3.8) is 0 Å². The van der Waals surface area contributed by atoms with Crippen LogP contribution in [-0.2, 0) is 6.54 Å². The summed E-state index contributed by atoms with van der Waals surface area (Å²) in [5, 5.41) is 0. The summed E-state index contributed by atoms with van der Waals surface area (Å²) < 4.78 is 13.5. The molecule has 2 rings (SSSR count). The van der Waals surface area contributed by atoms with E-state index < -0.39 is 0 Å². The first kappa shape index (κ1) is 11.5. The van der Waals surface area contributed by atoms with Crippen molar-refractivity contribution >= 4 is 11.4 Å². The number of halogens is 1. The number of anilines is 2. The molecule has 0 radical (unpaired) electrons. The quantitative estimate of drug-likeness (QED) is 0.821. The van der Waals surface area contributed by atoms with Gasteiger partial charge in [-0.2, -0.15) is 0 Å². The topological polar surface area (TPSA) is 29.3 Å². The fraction of sp³-hybridized carbons (Fsp3) is 0.143. The molecule has 2 N–H and O–H groups in total. The first-order chi connectivity index (χ1) is 8.16. The zero-order chi connectivity index (χ0) is 12.3. The van der Waals surface area contributed by atoms with E-state index in [9.17, 15) is 4.39 Å². The second-order valence-electron chi connectivity index (χ2n) is 4.04. The first-order valence-corrected chi connectivity index (χ1v) is 5.47. The molecule has 2 aromatic carbocycles. The van der Waals surface area contributed by atoms with Crippen LogP contribution in [0.1, 0.15) is 5.56 Å². The maximum Gasteiger partial charge on any atom is 0.128 e. The average Bonchev–Trinajstić information content (AvgIpc) is 2.32. The van der Waals surface area contributed by atoms with E-state index in [4.69, 9.17) is 5.73 Å². The molecular weight excluding hydrogens is 215 g/mol. The van der Waals surface area contributed by atoms with Crippen molar-refractivity contribution in [2.24, 2.45) is 0 Å². The van der Waals surface area contributed by atoms with E-state index in [1.54, 1.807) is 12.1 Å². The summed E-state index contributed by atoms with van der Waals surface area (Å²) in [6.45, 7) is 0.524. The minimum atomic E-state index is -0.178. The molecule has 0 aliphatic heterocycles.